The lowest BCUT2D eigenvalue weighted by atomic mass is 9.98. The van der Waals surface area contributed by atoms with Gasteiger partial charge in [0.25, 0.3) is 5.89 Å². The maximum absolute atomic E-state index is 11.5. The van der Waals surface area contributed by atoms with Crippen LogP contribution in [0.3, 0.4) is 0 Å². The van der Waals surface area contributed by atoms with Crippen LogP contribution >= 0.6 is 0 Å². The first-order valence-corrected chi connectivity index (χ1v) is 9.38. The van der Waals surface area contributed by atoms with E-state index >= 15 is 0 Å². The van der Waals surface area contributed by atoms with Crippen molar-refractivity contribution in [3.05, 3.63) is 29.6 Å². The Kier molecular flexibility index (Phi) is 3.89. The molecule has 124 valence electrons. The van der Waals surface area contributed by atoms with E-state index < -0.39 is 15.6 Å². The monoisotopic (exact) mass is 336 g/mol. The van der Waals surface area contributed by atoms with Gasteiger partial charge in [-0.15, -0.1) is 0 Å². The maximum Gasteiger partial charge on any atom is 0.260 e. The Bertz CT molecular complexity index is 823. The van der Waals surface area contributed by atoms with E-state index in [9.17, 15) is 8.42 Å². The van der Waals surface area contributed by atoms with Gasteiger partial charge >= 0.3 is 0 Å². The molecule has 1 aromatic heterocycles. The predicted molar refractivity (Wildman–Crippen MR) is 87.3 cm³/mol. The van der Waals surface area contributed by atoms with Gasteiger partial charge in [-0.1, -0.05) is 29.6 Å². The summed E-state index contributed by atoms with van der Waals surface area (Å²) in [5, 5.41) is 4.03. The van der Waals surface area contributed by atoms with E-state index in [0.29, 0.717) is 17.1 Å². The smallest absolute Gasteiger partial charge is 0.260 e. The minimum Gasteiger partial charge on any atom is -0.334 e. The third kappa shape index (κ3) is 3.37. The van der Waals surface area contributed by atoms with Crippen LogP contribution in [0, 0.1) is 6.92 Å². The molecule has 0 bridgehead atoms. The summed E-state index contributed by atoms with van der Waals surface area (Å²) in [6.07, 6.45) is 4.85. The molecule has 1 aromatic carbocycles. The number of hydrogen-bond acceptors (Lipinski definition) is 6. The number of sulfonamides is 1. The van der Waals surface area contributed by atoms with Crippen molar-refractivity contribution in [2.24, 2.45) is 5.73 Å². The van der Waals surface area contributed by atoms with E-state index in [1.54, 1.807) is 6.07 Å². The van der Waals surface area contributed by atoms with Gasteiger partial charge in [0.15, 0.2) is 5.82 Å². The Morgan fingerprint density at radius 2 is 2.00 bits per heavy atom. The Morgan fingerprint density at radius 1 is 1.30 bits per heavy atom. The van der Waals surface area contributed by atoms with Crippen LogP contribution in [0.1, 0.15) is 37.1 Å². The van der Waals surface area contributed by atoms with Gasteiger partial charge in [-0.05, 0) is 31.9 Å². The zero-order valence-corrected chi connectivity index (χ0v) is 14.0. The number of benzene rings is 1. The summed E-state index contributed by atoms with van der Waals surface area (Å²) in [5.41, 5.74) is 7.72. The third-order valence-corrected chi connectivity index (χ3v) is 4.66. The van der Waals surface area contributed by atoms with Crippen molar-refractivity contribution in [2.75, 3.05) is 11.0 Å². The van der Waals surface area contributed by atoms with Crippen LogP contribution in [-0.2, 0) is 15.6 Å². The Balaban J connectivity index is 2.01. The van der Waals surface area contributed by atoms with Crippen molar-refractivity contribution in [2.45, 2.75) is 38.1 Å². The molecule has 0 atom stereocenters. The first-order valence-electron chi connectivity index (χ1n) is 7.49. The highest BCUT2D eigenvalue weighted by molar-refractivity contribution is 7.92. The van der Waals surface area contributed by atoms with Crippen LogP contribution in [0.4, 0.5) is 5.69 Å². The number of nitrogens with zero attached hydrogens (tertiary/aromatic N) is 2. The van der Waals surface area contributed by atoms with Gasteiger partial charge in [0.2, 0.25) is 10.0 Å². The number of nitrogens with one attached hydrogen (secondary N) is 1. The van der Waals surface area contributed by atoms with Gasteiger partial charge in [-0.2, -0.15) is 4.98 Å². The first kappa shape index (κ1) is 15.9. The lowest BCUT2D eigenvalue weighted by Gasteiger charge is -2.17. The Hall–Kier alpha value is -1.93. The Labute approximate surface area is 135 Å². The van der Waals surface area contributed by atoms with Crippen molar-refractivity contribution in [3.8, 4) is 11.5 Å². The number of rotatable bonds is 4. The minimum atomic E-state index is -3.41. The molecule has 1 aliphatic rings. The number of aromatic nitrogens is 2. The molecule has 23 heavy (non-hydrogen) atoms. The lowest BCUT2D eigenvalue weighted by molar-refractivity contribution is 0.372. The van der Waals surface area contributed by atoms with E-state index in [2.05, 4.69) is 14.9 Å². The second-order valence-electron chi connectivity index (χ2n) is 6.21. The third-order valence-electron chi connectivity index (χ3n) is 4.07. The molecular formula is C15H20N4O3S. The van der Waals surface area contributed by atoms with Crippen LogP contribution in [0.5, 0.6) is 0 Å². The summed E-state index contributed by atoms with van der Waals surface area (Å²) in [7, 11) is -3.41. The van der Waals surface area contributed by atoms with Gasteiger partial charge in [0.1, 0.15) is 0 Å². The average molecular weight is 336 g/mol. The van der Waals surface area contributed by atoms with Crippen LogP contribution in [0.2, 0.25) is 0 Å². The van der Waals surface area contributed by atoms with E-state index in [1.807, 2.05) is 19.1 Å². The van der Waals surface area contributed by atoms with Crippen molar-refractivity contribution in [1.82, 2.24) is 10.1 Å². The summed E-state index contributed by atoms with van der Waals surface area (Å²) in [4.78, 5) is 4.43. The Morgan fingerprint density at radius 3 is 2.65 bits per heavy atom. The van der Waals surface area contributed by atoms with E-state index in [1.165, 1.54) is 0 Å². The molecule has 1 aliphatic carbocycles. The molecule has 2 aromatic rings. The normalized spacial score (nSPS) is 17.3. The molecule has 0 amide bonds. The molecule has 1 heterocycles. The summed E-state index contributed by atoms with van der Waals surface area (Å²) in [6, 6.07) is 5.31. The summed E-state index contributed by atoms with van der Waals surface area (Å²) >= 11 is 0. The van der Waals surface area contributed by atoms with Gasteiger partial charge in [0, 0.05) is 0 Å². The summed E-state index contributed by atoms with van der Waals surface area (Å²) in [6.45, 7) is 1.91. The molecule has 0 aliphatic heterocycles. The molecule has 0 saturated heterocycles. The molecule has 3 N–H and O–H groups in total. The molecule has 0 radical (unpaired) electrons. The molecule has 8 heteroatoms. The lowest BCUT2D eigenvalue weighted by Crippen LogP contribution is -2.34. The van der Waals surface area contributed by atoms with E-state index in [-0.39, 0.29) is 5.89 Å². The molecule has 0 unspecified atom stereocenters. The SMILES string of the molecule is Cc1ccc(NS(C)(=O)=O)c(-c2nc(C3(N)CCCC3)no2)c1. The van der Waals surface area contributed by atoms with E-state index in [0.717, 1.165) is 37.5 Å². The quantitative estimate of drug-likeness (QED) is 0.885. The highest BCUT2D eigenvalue weighted by Gasteiger charge is 2.36. The standard InChI is InChI=1S/C15H20N4O3S/c1-10-5-6-12(19-23(2,20)21)11(9-10)13-17-14(18-22-13)15(16)7-3-4-8-15/h5-6,9,19H,3-4,7-8,16H2,1-2H3. The summed E-state index contributed by atoms with van der Waals surface area (Å²) < 4.78 is 30.9. The molecule has 7 nitrogen and oxygen atoms in total. The van der Waals surface area contributed by atoms with Gasteiger partial charge < -0.3 is 10.3 Å². The topological polar surface area (TPSA) is 111 Å². The van der Waals surface area contributed by atoms with Crippen molar-refractivity contribution < 1.29 is 12.9 Å². The van der Waals surface area contributed by atoms with Gasteiger partial charge in [0.05, 0.1) is 23.0 Å². The highest BCUT2D eigenvalue weighted by Crippen LogP contribution is 2.36. The number of hydrogen-bond donors (Lipinski definition) is 2. The van der Waals surface area contributed by atoms with E-state index in [4.69, 9.17) is 10.3 Å². The zero-order chi connectivity index (χ0) is 16.7. The molecule has 3 rings (SSSR count). The van der Waals surface area contributed by atoms with Crippen molar-refractivity contribution >= 4 is 15.7 Å². The van der Waals surface area contributed by atoms with Gasteiger partial charge in [-0.3, -0.25) is 4.72 Å². The fourth-order valence-electron chi connectivity index (χ4n) is 2.89. The zero-order valence-electron chi connectivity index (χ0n) is 13.2. The van der Waals surface area contributed by atoms with Gasteiger partial charge in [-0.25, -0.2) is 8.42 Å². The fourth-order valence-corrected chi connectivity index (χ4v) is 3.47. The fraction of sp³-hybridized carbons (Fsp3) is 0.467. The van der Waals surface area contributed by atoms with Crippen LogP contribution in [-0.4, -0.2) is 24.8 Å². The van der Waals surface area contributed by atoms with Crippen LogP contribution in [0.25, 0.3) is 11.5 Å². The molecule has 1 saturated carbocycles. The average Bonchev–Trinajstić information content (AvgIpc) is 3.09. The molecular weight excluding hydrogens is 316 g/mol. The minimum absolute atomic E-state index is 0.270. The molecule has 0 spiro atoms. The largest absolute Gasteiger partial charge is 0.334 e. The maximum atomic E-state index is 11.5. The highest BCUT2D eigenvalue weighted by atomic mass is 32.2. The predicted octanol–water partition coefficient (Wildman–Crippen LogP) is 2.14. The van der Waals surface area contributed by atoms with Crippen LogP contribution < -0.4 is 10.5 Å². The second-order valence-corrected chi connectivity index (χ2v) is 7.96. The van der Waals surface area contributed by atoms with Crippen LogP contribution in [0.15, 0.2) is 22.7 Å². The second kappa shape index (κ2) is 5.61. The summed E-state index contributed by atoms with van der Waals surface area (Å²) in [5.74, 6) is 0.753. The molecule has 1 fully saturated rings. The number of anilines is 1. The van der Waals surface area contributed by atoms with Crippen molar-refractivity contribution in [3.63, 3.8) is 0 Å². The number of aryl methyl sites for hydroxylation is 1. The number of nitrogens with two attached hydrogens (primary N) is 1. The first-order chi connectivity index (χ1) is 10.8. The van der Waals surface area contributed by atoms with Crippen molar-refractivity contribution in [1.29, 1.82) is 0 Å².